The van der Waals surface area contributed by atoms with Crippen molar-refractivity contribution in [2.75, 3.05) is 5.32 Å². The highest BCUT2D eigenvalue weighted by molar-refractivity contribution is 5.94. The quantitative estimate of drug-likeness (QED) is 0.722. The van der Waals surface area contributed by atoms with Gasteiger partial charge in [0.2, 0.25) is 0 Å². The molecule has 0 atom stereocenters. The summed E-state index contributed by atoms with van der Waals surface area (Å²) in [6, 6.07) is 13.5. The standard InChI is InChI=1S/C19H19N3O2/c1-2-14-6-3-4-8-18(14)22-16-10-15(11-20-12-16)19(23)21-13-17-7-5-9-24-17/h3-12,22H,2,13H2,1H3,(H,21,23). The van der Waals surface area contributed by atoms with Gasteiger partial charge in [-0.25, -0.2) is 0 Å². The molecule has 0 radical (unpaired) electrons. The van der Waals surface area contributed by atoms with Gasteiger partial charge in [0, 0.05) is 11.9 Å². The van der Waals surface area contributed by atoms with E-state index in [4.69, 9.17) is 4.42 Å². The maximum atomic E-state index is 12.2. The number of furan rings is 1. The zero-order valence-corrected chi connectivity index (χ0v) is 13.5. The maximum Gasteiger partial charge on any atom is 0.253 e. The highest BCUT2D eigenvalue weighted by atomic mass is 16.3. The van der Waals surface area contributed by atoms with E-state index in [1.54, 1.807) is 30.8 Å². The number of nitrogens with zero attached hydrogens (tertiary/aromatic N) is 1. The highest BCUT2D eigenvalue weighted by Gasteiger charge is 2.08. The van der Waals surface area contributed by atoms with Crippen LogP contribution < -0.4 is 10.6 Å². The van der Waals surface area contributed by atoms with Gasteiger partial charge in [0.15, 0.2) is 0 Å². The Bertz CT molecular complexity index is 813. The van der Waals surface area contributed by atoms with Crippen LogP contribution in [-0.2, 0) is 13.0 Å². The van der Waals surface area contributed by atoms with Crippen LogP contribution in [0.25, 0.3) is 0 Å². The van der Waals surface area contributed by atoms with E-state index in [0.717, 1.165) is 17.8 Å². The maximum absolute atomic E-state index is 12.2. The van der Waals surface area contributed by atoms with Crippen molar-refractivity contribution >= 4 is 17.3 Å². The molecule has 0 saturated carbocycles. The molecule has 0 aliphatic heterocycles. The average molecular weight is 321 g/mol. The summed E-state index contributed by atoms with van der Waals surface area (Å²) >= 11 is 0. The van der Waals surface area contributed by atoms with Crippen molar-refractivity contribution in [2.45, 2.75) is 19.9 Å². The lowest BCUT2D eigenvalue weighted by atomic mass is 10.1. The van der Waals surface area contributed by atoms with Gasteiger partial charge in [-0.05, 0) is 36.2 Å². The Hall–Kier alpha value is -3.08. The second-order valence-electron chi connectivity index (χ2n) is 5.36. The van der Waals surface area contributed by atoms with E-state index in [1.807, 2.05) is 24.3 Å². The van der Waals surface area contributed by atoms with Gasteiger partial charge in [-0.1, -0.05) is 25.1 Å². The van der Waals surface area contributed by atoms with Crippen molar-refractivity contribution in [1.82, 2.24) is 10.3 Å². The largest absolute Gasteiger partial charge is 0.467 e. The number of amides is 1. The SMILES string of the molecule is CCc1ccccc1Nc1cncc(C(=O)NCc2ccco2)c1. The van der Waals surface area contributed by atoms with E-state index in [-0.39, 0.29) is 5.91 Å². The van der Waals surface area contributed by atoms with Crippen LogP contribution in [0.3, 0.4) is 0 Å². The molecule has 0 spiro atoms. The summed E-state index contributed by atoms with van der Waals surface area (Å²) in [6.45, 7) is 2.46. The number of aryl methyl sites for hydroxylation is 1. The Morgan fingerprint density at radius 1 is 1.17 bits per heavy atom. The first-order chi connectivity index (χ1) is 11.8. The topological polar surface area (TPSA) is 67.2 Å². The zero-order valence-electron chi connectivity index (χ0n) is 13.5. The Labute approximate surface area is 140 Å². The molecule has 3 rings (SSSR count). The van der Waals surface area contributed by atoms with E-state index in [9.17, 15) is 4.79 Å². The number of rotatable bonds is 6. The van der Waals surface area contributed by atoms with Crippen molar-refractivity contribution in [3.05, 3.63) is 78.0 Å². The van der Waals surface area contributed by atoms with Gasteiger partial charge >= 0.3 is 0 Å². The first-order valence-electron chi connectivity index (χ1n) is 7.87. The van der Waals surface area contributed by atoms with Gasteiger partial charge in [0.1, 0.15) is 5.76 Å². The number of pyridine rings is 1. The van der Waals surface area contributed by atoms with Gasteiger partial charge in [-0.2, -0.15) is 0 Å². The number of hydrogen-bond donors (Lipinski definition) is 2. The molecule has 2 N–H and O–H groups in total. The number of carbonyl (C=O) groups is 1. The normalized spacial score (nSPS) is 10.4. The molecule has 0 unspecified atom stereocenters. The Kier molecular flexibility index (Phi) is 4.91. The molecule has 0 saturated heterocycles. The Balaban J connectivity index is 1.70. The third-order valence-electron chi connectivity index (χ3n) is 3.68. The van der Waals surface area contributed by atoms with Crippen LogP contribution in [-0.4, -0.2) is 10.9 Å². The monoisotopic (exact) mass is 321 g/mol. The number of para-hydroxylation sites is 1. The molecule has 5 nitrogen and oxygen atoms in total. The predicted molar refractivity (Wildman–Crippen MR) is 93.2 cm³/mol. The molecule has 5 heteroatoms. The van der Waals surface area contributed by atoms with Crippen LogP contribution in [0.2, 0.25) is 0 Å². The summed E-state index contributed by atoms with van der Waals surface area (Å²) in [6.07, 6.45) is 5.77. The van der Waals surface area contributed by atoms with Gasteiger partial charge in [0.05, 0.1) is 30.3 Å². The lowest BCUT2D eigenvalue weighted by Gasteiger charge is -2.11. The van der Waals surface area contributed by atoms with E-state index in [0.29, 0.717) is 17.9 Å². The van der Waals surface area contributed by atoms with E-state index < -0.39 is 0 Å². The zero-order chi connectivity index (χ0) is 16.8. The lowest BCUT2D eigenvalue weighted by molar-refractivity contribution is 0.0947. The van der Waals surface area contributed by atoms with Crippen molar-refractivity contribution in [2.24, 2.45) is 0 Å². The summed E-state index contributed by atoms with van der Waals surface area (Å²) in [5.74, 6) is 0.522. The van der Waals surface area contributed by atoms with E-state index in [2.05, 4.69) is 28.6 Å². The second-order valence-corrected chi connectivity index (χ2v) is 5.36. The number of benzene rings is 1. The van der Waals surface area contributed by atoms with Gasteiger partial charge in [-0.15, -0.1) is 0 Å². The molecule has 3 aromatic rings. The summed E-state index contributed by atoms with van der Waals surface area (Å²) in [4.78, 5) is 16.4. The Morgan fingerprint density at radius 2 is 2.04 bits per heavy atom. The van der Waals surface area contributed by atoms with Crippen LogP contribution in [0.15, 0.2) is 65.5 Å². The number of carbonyl (C=O) groups excluding carboxylic acids is 1. The van der Waals surface area contributed by atoms with Crippen molar-refractivity contribution in [1.29, 1.82) is 0 Å². The minimum absolute atomic E-state index is 0.189. The van der Waals surface area contributed by atoms with Crippen molar-refractivity contribution in [3.8, 4) is 0 Å². The molecule has 2 heterocycles. The summed E-state index contributed by atoms with van der Waals surface area (Å²) < 4.78 is 5.21. The minimum atomic E-state index is -0.189. The third kappa shape index (κ3) is 3.81. The highest BCUT2D eigenvalue weighted by Crippen LogP contribution is 2.21. The summed E-state index contributed by atoms with van der Waals surface area (Å²) in [5.41, 5.74) is 3.52. The first-order valence-corrected chi connectivity index (χ1v) is 7.87. The molecule has 24 heavy (non-hydrogen) atoms. The predicted octanol–water partition coefficient (Wildman–Crippen LogP) is 3.91. The van der Waals surface area contributed by atoms with E-state index in [1.165, 1.54) is 5.56 Å². The van der Waals surface area contributed by atoms with Gasteiger partial charge < -0.3 is 15.1 Å². The van der Waals surface area contributed by atoms with E-state index >= 15 is 0 Å². The number of aromatic nitrogens is 1. The second kappa shape index (κ2) is 7.46. The van der Waals surface area contributed by atoms with Crippen molar-refractivity contribution < 1.29 is 9.21 Å². The fraction of sp³-hybridized carbons (Fsp3) is 0.158. The molecular formula is C19H19N3O2. The average Bonchev–Trinajstić information content (AvgIpc) is 3.14. The Morgan fingerprint density at radius 3 is 2.83 bits per heavy atom. The molecule has 0 aliphatic rings. The third-order valence-corrected chi connectivity index (χ3v) is 3.68. The molecule has 0 bridgehead atoms. The molecular weight excluding hydrogens is 302 g/mol. The van der Waals surface area contributed by atoms with Crippen LogP contribution in [0.1, 0.15) is 28.6 Å². The number of nitrogens with one attached hydrogen (secondary N) is 2. The fourth-order valence-corrected chi connectivity index (χ4v) is 2.42. The molecule has 1 aromatic carbocycles. The first kappa shape index (κ1) is 15.8. The molecule has 1 amide bonds. The van der Waals surface area contributed by atoms with Crippen LogP contribution >= 0.6 is 0 Å². The summed E-state index contributed by atoms with van der Waals surface area (Å²) in [7, 11) is 0. The minimum Gasteiger partial charge on any atom is -0.467 e. The fourth-order valence-electron chi connectivity index (χ4n) is 2.42. The smallest absolute Gasteiger partial charge is 0.253 e. The van der Waals surface area contributed by atoms with Crippen LogP contribution in [0.4, 0.5) is 11.4 Å². The van der Waals surface area contributed by atoms with Crippen molar-refractivity contribution in [3.63, 3.8) is 0 Å². The van der Waals surface area contributed by atoms with Gasteiger partial charge in [-0.3, -0.25) is 9.78 Å². The molecule has 2 aromatic heterocycles. The number of anilines is 2. The van der Waals surface area contributed by atoms with Crippen LogP contribution in [0, 0.1) is 0 Å². The lowest BCUT2D eigenvalue weighted by Crippen LogP contribution is -2.22. The molecule has 0 aliphatic carbocycles. The van der Waals surface area contributed by atoms with Crippen LogP contribution in [0.5, 0.6) is 0 Å². The number of hydrogen-bond acceptors (Lipinski definition) is 4. The van der Waals surface area contributed by atoms with Gasteiger partial charge in [0.25, 0.3) is 5.91 Å². The summed E-state index contributed by atoms with van der Waals surface area (Å²) in [5, 5.41) is 6.14. The molecule has 122 valence electrons. The molecule has 0 fully saturated rings.